The minimum absolute atomic E-state index is 0.258. The van der Waals surface area contributed by atoms with Crippen molar-refractivity contribution in [2.24, 2.45) is 0 Å². The molecule has 0 unspecified atom stereocenters. The minimum Gasteiger partial charge on any atom is -0.310 e. The third kappa shape index (κ3) is 6.20. The standard InChI is InChI=1S/C69H48N4/c1-69(2)61-42-45(46-29-40-60-59-22-10-15-27-67(59)73(68(60)43-46)47-16-4-3-5-17-47)28-39-53(61)54-41-38-52(44-62(54)69)70(48-30-34-50(35-31-48)71-63-23-11-6-18-55(63)56-19-7-12-24-64(56)71)49-32-36-51(37-33-49)72-65-25-13-8-20-57(65)58-21-9-14-26-66(58)72/h3-44H,1-2H3. The van der Waals surface area contributed by atoms with Crippen molar-refractivity contribution < 1.29 is 0 Å². The van der Waals surface area contributed by atoms with Crippen LogP contribution in [0, 0.1) is 0 Å². The minimum atomic E-state index is -0.258. The van der Waals surface area contributed by atoms with E-state index in [0.29, 0.717) is 0 Å². The van der Waals surface area contributed by atoms with Crippen molar-refractivity contribution in [3.63, 3.8) is 0 Å². The summed E-state index contributed by atoms with van der Waals surface area (Å²) in [6, 6.07) is 93.9. The predicted octanol–water partition coefficient (Wildman–Crippen LogP) is 18.4. The molecule has 0 aliphatic heterocycles. The molecule has 0 saturated carbocycles. The molecule has 4 heteroatoms. The predicted molar refractivity (Wildman–Crippen MR) is 307 cm³/mol. The van der Waals surface area contributed by atoms with Crippen molar-refractivity contribution in [1.82, 2.24) is 13.7 Å². The Balaban J connectivity index is 0.845. The lowest BCUT2D eigenvalue weighted by Crippen LogP contribution is -2.16. The zero-order valence-corrected chi connectivity index (χ0v) is 40.5. The number of hydrogen-bond acceptors (Lipinski definition) is 1. The van der Waals surface area contributed by atoms with Gasteiger partial charge < -0.3 is 18.6 Å². The van der Waals surface area contributed by atoms with Crippen LogP contribution in [0.1, 0.15) is 25.0 Å². The Labute approximate surface area is 423 Å². The van der Waals surface area contributed by atoms with Crippen LogP contribution in [-0.4, -0.2) is 13.7 Å². The van der Waals surface area contributed by atoms with Crippen molar-refractivity contribution in [2.75, 3.05) is 4.90 Å². The molecule has 344 valence electrons. The van der Waals surface area contributed by atoms with Crippen molar-refractivity contribution >= 4 is 82.5 Å². The van der Waals surface area contributed by atoms with Gasteiger partial charge in [0, 0.05) is 71.9 Å². The van der Waals surface area contributed by atoms with E-state index < -0.39 is 0 Å². The summed E-state index contributed by atoms with van der Waals surface area (Å²) in [6.45, 7) is 4.79. The van der Waals surface area contributed by atoms with Gasteiger partial charge in [0.2, 0.25) is 0 Å². The van der Waals surface area contributed by atoms with E-state index in [1.807, 2.05) is 0 Å². The summed E-state index contributed by atoms with van der Waals surface area (Å²) in [5.41, 5.74) is 21.4. The molecule has 73 heavy (non-hydrogen) atoms. The summed E-state index contributed by atoms with van der Waals surface area (Å²) in [7, 11) is 0. The van der Waals surface area contributed by atoms with Crippen LogP contribution in [0.2, 0.25) is 0 Å². The number of anilines is 3. The summed E-state index contributed by atoms with van der Waals surface area (Å²) in [4.78, 5) is 2.43. The summed E-state index contributed by atoms with van der Waals surface area (Å²) in [5, 5.41) is 7.56. The fraction of sp³-hybridized carbons (Fsp3) is 0.0435. The molecule has 0 amide bonds. The molecule has 1 aliphatic carbocycles. The van der Waals surface area contributed by atoms with Gasteiger partial charge in [-0.15, -0.1) is 0 Å². The second kappa shape index (κ2) is 15.8. The van der Waals surface area contributed by atoms with Crippen molar-refractivity contribution in [3.05, 3.63) is 266 Å². The highest BCUT2D eigenvalue weighted by Crippen LogP contribution is 2.52. The molecular formula is C69H48N4. The topological polar surface area (TPSA) is 18.0 Å². The molecule has 3 aromatic heterocycles. The highest BCUT2D eigenvalue weighted by Gasteiger charge is 2.36. The molecule has 0 fully saturated rings. The fourth-order valence-electron chi connectivity index (χ4n) is 12.4. The maximum atomic E-state index is 2.45. The Morgan fingerprint density at radius 3 is 1.10 bits per heavy atom. The zero-order chi connectivity index (χ0) is 48.4. The summed E-state index contributed by atoms with van der Waals surface area (Å²) < 4.78 is 7.19. The quantitative estimate of drug-likeness (QED) is 0.156. The van der Waals surface area contributed by atoms with Gasteiger partial charge in [0.15, 0.2) is 0 Å². The largest absolute Gasteiger partial charge is 0.310 e. The molecule has 0 atom stereocenters. The molecule has 3 heterocycles. The van der Waals surface area contributed by atoms with Crippen LogP contribution < -0.4 is 4.90 Å². The van der Waals surface area contributed by atoms with Crippen molar-refractivity contribution in [2.45, 2.75) is 19.3 Å². The summed E-state index contributed by atoms with van der Waals surface area (Å²) >= 11 is 0. The number of para-hydroxylation sites is 6. The van der Waals surface area contributed by atoms with Gasteiger partial charge in [-0.05, 0) is 149 Å². The van der Waals surface area contributed by atoms with Gasteiger partial charge in [0.05, 0.1) is 33.1 Å². The van der Waals surface area contributed by atoms with Gasteiger partial charge in [-0.2, -0.15) is 0 Å². The second-order valence-electron chi connectivity index (χ2n) is 20.1. The van der Waals surface area contributed by atoms with Crippen LogP contribution in [0.4, 0.5) is 17.1 Å². The summed E-state index contributed by atoms with van der Waals surface area (Å²) in [6.07, 6.45) is 0. The number of rotatable bonds is 7. The molecule has 0 N–H and O–H groups in total. The van der Waals surface area contributed by atoms with Gasteiger partial charge in [0.1, 0.15) is 0 Å². The maximum absolute atomic E-state index is 2.45. The van der Waals surface area contributed by atoms with E-state index in [4.69, 9.17) is 0 Å². The monoisotopic (exact) mass is 932 g/mol. The summed E-state index contributed by atoms with van der Waals surface area (Å²) in [5.74, 6) is 0. The van der Waals surface area contributed by atoms with Crippen LogP contribution in [0.15, 0.2) is 255 Å². The van der Waals surface area contributed by atoms with Crippen LogP contribution in [0.5, 0.6) is 0 Å². The first-order valence-electron chi connectivity index (χ1n) is 25.3. The molecule has 0 saturated heterocycles. The lowest BCUT2D eigenvalue weighted by molar-refractivity contribution is 0.660. The first kappa shape index (κ1) is 41.4. The second-order valence-corrected chi connectivity index (χ2v) is 20.1. The van der Waals surface area contributed by atoms with E-state index >= 15 is 0 Å². The number of benzene rings is 11. The Hall–Kier alpha value is -9.38. The third-order valence-corrected chi connectivity index (χ3v) is 15.8. The zero-order valence-electron chi connectivity index (χ0n) is 40.5. The van der Waals surface area contributed by atoms with Crippen LogP contribution in [-0.2, 0) is 5.41 Å². The average molecular weight is 933 g/mol. The van der Waals surface area contributed by atoms with Crippen molar-refractivity contribution in [3.8, 4) is 39.3 Å². The van der Waals surface area contributed by atoms with Crippen molar-refractivity contribution in [1.29, 1.82) is 0 Å². The van der Waals surface area contributed by atoms with Crippen LogP contribution >= 0.6 is 0 Å². The SMILES string of the molecule is CC1(C)c2cc(-c3ccc4c5ccccc5n(-c5ccccc5)c4c3)ccc2-c2ccc(N(c3ccc(-n4c5ccccc5c5ccccc54)cc3)c3ccc(-n4c5ccccc5c5ccccc54)cc3)cc21. The Morgan fingerprint density at radius 2 is 0.616 bits per heavy atom. The maximum Gasteiger partial charge on any atom is 0.0547 e. The first-order chi connectivity index (χ1) is 36.0. The fourth-order valence-corrected chi connectivity index (χ4v) is 12.4. The van der Waals surface area contributed by atoms with Crippen LogP contribution in [0.25, 0.3) is 105 Å². The van der Waals surface area contributed by atoms with E-state index in [9.17, 15) is 0 Å². The average Bonchev–Trinajstić information content (AvgIpc) is 4.16. The van der Waals surface area contributed by atoms with Gasteiger partial charge in [-0.25, -0.2) is 0 Å². The highest BCUT2D eigenvalue weighted by molar-refractivity contribution is 6.12. The number of nitrogens with zero attached hydrogens (tertiary/aromatic N) is 4. The van der Waals surface area contributed by atoms with E-state index in [1.54, 1.807) is 0 Å². The first-order valence-corrected chi connectivity index (χ1v) is 25.3. The number of fused-ring (bicyclic) bond motifs is 12. The molecule has 0 spiro atoms. The molecule has 0 radical (unpaired) electrons. The van der Waals surface area contributed by atoms with Gasteiger partial charge in [-0.1, -0.05) is 153 Å². The molecule has 15 rings (SSSR count). The van der Waals surface area contributed by atoms with E-state index in [0.717, 1.165) is 28.4 Å². The normalized spacial score (nSPS) is 12.9. The smallest absolute Gasteiger partial charge is 0.0547 e. The highest BCUT2D eigenvalue weighted by atomic mass is 15.1. The van der Waals surface area contributed by atoms with Gasteiger partial charge in [-0.3, -0.25) is 0 Å². The Morgan fingerprint density at radius 1 is 0.274 bits per heavy atom. The number of hydrogen-bond donors (Lipinski definition) is 0. The third-order valence-electron chi connectivity index (χ3n) is 15.8. The lowest BCUT2D eigenvalue weighted by Gasteiger charge is -2.28. The Bertz CT molecular complexity index is 4250. The Kier molecular flexibility index (Phi) is 8.97. The molecule has 1 aliphatic rings. The van der Waals surface area contributed by atoms with E-state index in [-0.39, 0.29) is 5.41 Å². The van der Waals surface area contributed by atoms with Gasteiger partial charge >= 0.3 is 0 Å². The lowest BCUT2D eigenvalue weighted by atomic mass is 9.81. The molecule has 0 bridgehead atoms. The number of aromatic nitrogens is 3. The molecular weight excluding hydrogens is 885 g/mol. The molecule has 4 nitrogen and oxygen atoms in total. The van der Waals surface area contributed by atoms with E-state index in [2.05, 4.69) is 287 Å². The van der Waals surface area contributed by atoms with E-state index in [1.165, 1.54) is 104 Å². The molecule has 14 aromatic rings. The van der Waals surface area contributed by atoms with Gasteiger partial charge in [0.25, 0.3) is 0 Å². The molecule has 11 aromatic carbocycles. The van der Waals surface area contributed by atoms with Crippen LogP contribution in [0.3, 0.4) is 0 Å².